The standard InChI is InChI=1S/C17H33N5O2.HI/c1-20(2)16(23)12-19-17(18-7-11-24-3)22-10-6-15(14-22)13-21-8-4-5-9-21;/h15H,4-14H2,1-3H3,(H,18,19);1H. The molecule has 1 amide bonds. The highest BCUT2D eigenvalue weighted by atomic mass is 127. The van der Waals surface area contributed by atoms with Crippen LogP contribution in [-0.2, 0) is 9.53 Å². The number of ether oxygens (including phenoxy) is 1. The van der Waals surface area contributed by atoms with Crippen molar-refractivity contribution in [3.8, 4) is 0 Å². The number of likely N-dealkylation sites (tertiary alicyclic amines) is 2. The number of guanidine groups is 1. The van der Waals surface area contributed by atoms with Gasteiger partial charge in [0.15, 0.2) is 5.96 Å². The molecule has 0 aromatic rings. The lowest BCUT2D eigenvalue weighted by atomic mass is 10.1. The first-order valence-corrected chi connectivity index (χ1v) is 9.05. The number of amides is 1. The molecular weight excluding hydrogens is 433 g/mol. The first kappa shape index (κ1) is 22.4. The Bertz CT molecular complexity index is 427. The van der Waals surface area contributed by atoms with E-state index in [1.807, 2.05) is 0 Å². The van der Waals surface area contributed by atoms with E-state index in [2.05, 4.69) is 20.1 Å². The third-order valence-electron chi connectivity index (χ3n) is 4.75. The van der Waals surface area contributed by atoms with Crippen LogP contribution in [0.15, 0.2) is 4.99 Å². The summed E-state index contributed by atoms with van der Waals surface area (Å²) >= 11 is 0. The summed E-state index contributed by atoms with van der Waals surface area (Å²) in [7, 11) is 5.21. The predicted octanol–water partition coefficient (Wildman–Crippen LogP) is 0.702. The topological polar surface area (TPSA) is 60.4 Å². The maximum absolute atomic E-state index is 11.8. The molecule has 2 aliphatic rings. The minimum Gasteiger partial charge on any atom is -0.383 e. The highest BCUT2D eigenvalue weighted by molar-refractivity contribution is 14.0. The highest BCUT2D eigenvalue weighted by Gasteiger charge is 2.27. The molecule has 7 nitrogen and oxygen atoms in total. The molecule has 2 heterocycles. The molecule has 25 heavy (non-hydrogen) atoms. The summed E-state index contributed by atoms with van der Waals surface area (Å²) in [6.07, 6.45) is 3.88. The van der Waals surface area contributed by atoms with Gasteiger partial charge in [0.05, 0.1) is 6.61 Å². The van der Waals surface area contributed by atoms with E-state index in [-0.39, 0.29) is 36.4 Å². The third kappa shape index (κ3) is 7.65. The van der Waals surface area contributed by atoms with Crippen molar-refractivity contribution in [1.29, 1.82) is 0 Å². The number of carbonyl (C=O) groups is 1. The second-order valence-corrected chi connectivity index (χ2v) is 6.96. The van der Waals surface area contributed by atoms with Crippen LogP contribution in [0.3, 0.4) is 0 Å². The number of likely N-dealkylation sites (N-methyl/N-ethyl adjacent to an activating group) is 1. The Hall–Kier alpha value is -0.610. The van der Waals surface area contributed by atoms with Gasteiger partial charge in [-0.1, -0.05) is 0 Å². The first-order valence-electron chi connectivity index (χ1n) is 9.05. The molecule has 8 heteroatoms. The fourth-order valence-electron chi connectivity index (χ4n) is 3.32. The van der Waals surface area contributed by atoms with E-state index in [0.717, 1.165) is 19.0 Å². The summed E-state index contributed by atoms with van der Waals surface area (Å²) in [4.78, 5) is 22.8. The number of methoxy groups -OCH3 is 1. The van der Waals surface area contributed by atoms with E-state index in [9.17, 15) is 4.79 Å². The number of nitrogens with zero attached hydrogens (tertiary/aromatic N) is 4. The van der Waals surface area contributed by atoms with Crippen molar-refractivity contribution in [2.45, 2.75) is 19.3 Å². The Labute approximate surface area is 169 Å². The van der Waals surface area contributed by atoms with Crippen LogP contribution in [0.5, 0.6) is 0 Å². The molecule has 1 atom stereocenters. The van der Waals surface area contributed by atoms with Crippen molar-refractivity contribution in [3.63, 3.8) is 0 Å². The van der Waals surface area contributed by atoms with Gasteiger partial charge < -0.3 is 24.8 Å². The van der Waals surface area contributed by atoms with Crippen LogP contribution >= 0.6 is 24.0 Å². The highest BCUT2D eigenvalue weighted by Crippen LogP contribution is 2.20. The van der Waals surface area contributed by atoms with Crippen molar-refractivity contribution >= 4 is 35.8 Å². The average molecular weight is 467 g/mol. The fraction of sp³-hybridized carbons (Fsp3) is 0.882. The number of aliphatic imine (C=N–C) groups is 1. The summed E-state index contributed by atoms with van der Waals surface area (Å²) in [5.41, 5.74) is 0. The summed E-state index contributed by atoms with van der Waals surface area (Å²) < 4.78 is 5.11. The van der Waals surface area contributed by atoms with Crippen LogP contribution in [0.1, 0.15) is 19.3 Å². The lowest BCUT2D eigenvalue weighted by Crippen LogP contribution is -2.42. The maximum atomic E-state index is 11.8. The molecule has 1 unspecified atom stereocenters. The van der Waals surface area contributed by atoms with Gasteiger partial charge in [-0.05, 0) is 38.3 Å². The van der Waals surface area contributed by atoms with Gasteiger partial charge in [-0.15, -0.1) is 24.0 Å². The second-order valence-electron chi connectivity index (χ2n) is 6.96. The molecule has 0 spiro atoms. The Morgan fingerprint density at radius 1 is 1.28 bits per heavy atom. The lowest BCUT2D eigenvalue weighted by Gasteiger charge is -2.24. The van der Waals surface area contributed by atoms with Gasteiger partial charge in [0.2, 0.25) is 5.91 Å². The first-order chi connectivity index (χ1) is 11.6. The third-order valence-corrected chi connectivity index (χ3v) is 4.75. The average Bonchev–Trinajstić information content (AvgIpc) is 3.22. The summed E-state index contributed by atoms with van der Waals surface area (Å²) in [5, 5.41) is 3.34. The minimum atomic E-state index is 0. The van der Waals surface area contributed by atoms with E-state index >= 15 is 0 Å². The number of nitrogens with one attached hydrogen (secondary N) is 1. The van der Waals surface area contributed by atoms with Gasteiger partial charge in [0, 0.05) is 47.4 Å². The molecule has 2 aliphatic heterocycles. The Morgan fingerprint density at radius 3 is 2.64 bits per heavy atom. The Morgan fingerprint density at radius 2 is 2.00 bits per heavy atom. The molecule has 2 fully saturated rings. The van der Waals surface area contributed by atoms with E-state index in [1.54, 1.807) is 26.1 Å². The van der Waals surface area contributed by atoms with Gasteiger partial charge in [0.25, 0.3) is 0 Å². The molecule has 146 valence electrons. The number of rotatable bonds is 7. The molecule has 0 bridgehead atoms. The quantitative estimate of drug-likeness (QED) is 0.259. The lowest BCUT2D eigenvalue weighted by molar-refractivity contribution is -0.127. The van der Waals surface area contributed by atoms with Gasteiger partial charge in [-0.25, -0.2) is 4.99 Å². The molecule has 0 aliphatic carbocycles. The summed E-state index contributed by atoms with van der Waals surface area (Å²) in [6.45, 7) is 7.25. The number of carbonyl (C=O) groups excluding carboxylic acids is 1. The Kier molecular flexibility index (Phi) is 10.7. The van der Waals surface area contributed by atoms with E-state index in [1.165, 1.54) is 38.9 Å². The normalized spacial score (nSPS) is 21.3. The van der Waals surface area contributed by atoms with Crippen LogP contribution in [-0.4, -0.2) is 100 Å². The van der Waals surface area contributed by atoms with Gasteiger partial charge in [0.1, 0.15) is 6.54 Å². The van der Waals surface area contributed by atoms with Gasteiger partial charge in [-0.2, -0.15) is 0 Å². The molecular formula is C17H34IN5O2. The fourth-order valence-corrected chi connectivity index (χ4v) is 3.32. The van der Waals surface area contributed by atoms with Gasteiger partial charge in [-0.3, -0.25) is 4.79 Å². The molecule has 0 aromatic carbocycles. The largest absolute Gasteiger partial charge is 0.383 e. The van der Waals surface area contributed by atoms with Crippen molar-refractivity contribution in [2.24, 2.45) is 10.9 Å². The van der Waals surface area contributed by atoms with Crippen molar-refractivity contribution in [1.82, 2.24) is 20.0 Å². The summed E-state index contributed by atoms with van der Waals surface area (Å²) in [5.74, 6) is 1.56. The number of hydrogen-bond acceptors (Lipinski definition) is 4. The number of halogens is 1. The zero-order valence-corrected chi connectivity index (χ0v) is 18.2. The monoisotopic (exact) mass is 467 g/mol. The molecule has 0 saturated carbocycles. The molecule has 2 saturated heterocycles. The van der Waals surface area contributed by atoms with Crippen molar-refractivity contribution in [2.75, 3.05) is 73.6 Å². The molecule has 1 N–H and O–H groups in total. The van der Waals surface area contributed by atoms with Crippen LogP contribution in [0.25, 0.3) is 0 Å². The smallest absolute Gasteiger partial charge is 0.243 e. The van der Waals surface area contributed by atoms with Crippen LogP contribution in [0.4, 0.5) is 0 Å². The minimum absolute atomic E-state index is 0. The number of hydrogen-bond donors (Lipinski definition) is 1. The van der Waals surface area contributed by atoms with Crippen molar-refractivity contribution in [3.05, 3.63) is 0 Å². The maximum Gasteiger partial charge on any atom is 0.243 e. The van der Waals surface area contributed by atoms with Gasteiger partial charge >= 0.3 is 0 Å². The zero-order chi connectivity index (χ0) is 17.4. The van der Waals surface area contributed by atoms with Crippen LogP contribution in [0, 0.1) is 5.92 Å². The van der Waals surface area contributed by atoms with E-state index < -0.39 is 0 Å². The van der Waals surface area contributed by atoms with Crippen LogP contribution in [0.2, 0.25) is 0 Å². The van der Waals surface area contributed by atoms with Crippen molar-refractivity contribution < 1.29 is 9.53 Å². The zero-order valence-electron chi connectivity index (χ0n) is 15.9. The van der Waals surface area contributed by atoms with Crippen LogP contribution < -0.4 is 5.32 Å². The molecule has 0 radical (unpaired) electrons. The van der Waals surface area contributed by atoms with E-state index in [0.29, 0.717) is 19.1 Å². The van der Waals surface area contributed by atoms with E-state index in [4.69, 9.17) is 4.74 Å². The Balaban J connectivity index is 0.00000312. The molecule has 0 aromatic heterocycles. The second kappa shape index (κ2) is 11.9. The SMILES string of the molecule is COCCNC(=NCC(=O)N(C)C)N1CCC(CN2CCCC2)C1.I. The predicted molar refractivity (Wildman–Crippen MR) is 112 cm³/mol. The molecule has 2 rings (SSSR count). The summed E-state index contributed by atoms with van der Waals surface area (Å²) in [6, 6.07) is 0.